The summed E-state index contributed by atoms with van der Waals surface area (Å²) in [5, 5.41) is 3.00. The van der Waals surface area contributed by atoms with Crippen molar-refractivity contribution in [2.45, 2.75) is 50.7 Å². The van der Waals surface area contributed by atoms with E-state index >= 15 is 0 Å². The van der Waals surface area contributed by atoms with E-state index in [1.54, 1.807) is 4.90 Å². The fourth-order valence-corrected chi connectivity index (χ4v) is 2.82. The summed E-state index contributed by atoms with van der Waals surface area (Å²) in [6.45, 7) is 1.87. The summed E-state index contributed by atoms with van der Waals surface area (Å²) in [5.41, 5.74) is 0. The number of hydrogen-bond acceptors (Lipinski definition) is 5. The molecule has 1 N–H and O–H groups in total. The molecule has 0 aliphatic carbocycles. The highest BCUT2D eigenvalue weighted by molar-refractivity contribution is 5.82. The van der Waals surface area contributed by atoms with E-state index in [1.807, 2.05) is 0 Å². The Hall–Kier alpha value is -1.63. The van der Waals surface area contributed by atoms with Crippen LogP contribution in [0, 0.1) is 0 Å². The average molecular weight is 312 g/mol. The summed E-state index contributed by atoms with van der Waals surface area (Å²) in [4.78, 5) is 36.7. The first kappa shape index (κ1) is 16.7. The van der Waals surface area contributed by atoms with Gasteiger partial charge in [-0.05, 0) is 25.7 Å². The Labute approximate surface area is 130 Å². The number of nitrogens with one attached hydrogen (secondary N) is 1. The van der Waals surface area contributed by atoms with Gasteiger partial charge in [-0.25, -0.2) is 0 Å². The normalized spacial score (nSPS) is 22.4. The lowest BCUT2D eigenvalue weighted by Crippen LogP contribution is -2.48. The molecule has 0 aromatic carbocycles. The van der Waals surface area contributed by atoms with Crippen molar-refractivity contribution in [2.75, 3.05) is 26.8 Å². The van der Waals surface area contributed by atoms with E-state index in [4.69, 9.17) is 4.74 Å². The summed E-state index contributed by atoms with van der Waals surface area (Å²) in [6, 6.07) is 0.0985. The van der Waals surface area contributed by atoms with Gasteiger partial charge in [-0.2, -0.15) is 0 Å². The minimum absolute atomic E-state index is 0.0331. The number of hydrogen-bond donors (Lipinski definition) is 1. The first-order valence-electron chi connectivity index (χ1n) is 7.86. The van der Waals surface area contributed by atoms with E-state index in [0.717, 1.165) is 25.7 Å². The highest BCUT2D eigenvalue weighted by Crippen LogP contribution is 2.15. The van der Waals surface area contributed by atoms with Crippen LogP contribution in [0.4, 0.5) is 0 Å². The fourth-order valence-electron chi connectivity index (χ4n) is 2.82. The molecule has 0 saturated carbocycles. The Bertz CT molecular complexity index is 412. The number of esters is 1. The van der Waals surface area contributed by atoms with Crippen LogP contribution in [0.25, 0.3) is 0 Å². The Kier molecular flexibility index (Phi) is 6.18. The lowest BCUT2D eigenvalue weighted by atomic mass is 10.0. The first-order valence-corrected chi connectivity index (χ1v) is 7.86. The van der Waals surface area contributed by atoms with Crippen molar-refractivity contribution in [1.82, 2.24) is 10.2 Å². The van der Waals surface area contributed by atoms with Gasteiger partial charge in [0, 0.05) is 32.2 Å². The number of piperidine rings is 1. The van der Waals surface area contributed by atoms with Gasteiger partial charge >= 0.3 is 5.97 Å². The summed E-state index contributed by atoms with van der Waals surface area (Å²) in [5.74, 6) is -0.436. The molecule has 7 nitrogen and oxygen atoms in total. The van der Waals surface area contributed by atoms with Crippen molar-refractivity contribution >= 4 is 17.8 Å². The van der Waals surface area contributed by atoms with E-state index in [1.165, 1.54) is 7.11 Å². The van der Waals surface area contributed by atoms with Crippen LogP contribution in [0.5, 0.6) is 0 Å². The monoisotopic (exact) mass is 312 g/mol. The van der Waals surface area contributed by atoms with E-state index in [9.17, 15) is 14.4 Å². The number of rotatable bonds is 5. The third-order valence-electron chi connectivity index (χ3n) is 4.19. The molecule has 2 amide bonds. The number of likely N-dealkylation sites (tertiary alicyclic amines) is 1. The zero-order valence-corrected chi connectivity index (χ0v) is 13.0. The molecule has 0 aromatic rings. The molecular weight excluding hydrogens is 288 g/mol. The van der Waals surface area contributed by atoms with Gasteiger partial charge < -0.3 is 19.7 Å². The standard InChI is InChI=1S/C15H24N2O5/c1-21-14(19)5-4-13(18)17-8-6-11(7-9-17)16-15(20)12-3-2-10-22-12/h11-12H,2-10H2,1H3,(H,16,20). The van der Waals surface area contributed by atoms with Crippen LogP contribution in [0.3, 0.4) is 0 Å². The quantitative estimate of drug-likeness (QED) is 0.734. The molecule has 124 valence electrons. The second kappa shape index (κ2) is 8.12. The third-order valence-corrected chi connectivity index (χ3v) is 4.19. The number of carbonyl (C=O) groups excluding carboxylic acids is 3. The minimum Gasteiger partial charge on any atom is -0.469 e. The number of amides is 2. The maximum absolute atomic E-state index is 12.0. The minimum atomic E-state index is -0.368. The van der Waals surface area contributed by atoms with Gasteiger partial charge in [-0.3, -0.25) is 14.4 Å². The number of carbonyl (C=O) groups is 3. The Balaban J connectivity index is 1.67. The van der Waals surface area contributed by atoms with Gasteiger partial charge in [-0.1, -0.05) is 0 Å². The maximum Gasteiger partial charge on any atom is 0.306 e. The van der Waals surface area contributed by atoms with Crippen LogP contribution in [0.1, 0.15) is 38.5 Å². The number of methoxy groups -OCH3 is 1. The van der Waals surface area contributed by atoms with Crippen LogP contribution in [0.2, 0.25) is 0 Å². The highest BCUT2D eigenvalue weighted by Gasteiger charge is 2.28. The van der Waals surface area contributed by atoms with Crippen LogP contribution < -0.4 is 5.32 Å². The molecule has 2 aliphatic rings. The van der Waals surface area contributed by atoms with E-state index in [2.05, 4.69) is 10.1 Å². The Morgan fingerprint density at radius 1 is 1.18 bits per heavy atom. The van der Waals surface area contributed by atoms with Crippen molar-refractivity contribution in [1.29, 1.82) is 0 Å². The van der Waals surface area contributed by atoms with Gasteiger partial charge in [0.05, 0.1) is 13.5 Å². The summed E-state index contributed by atoms with van der Waals surface area (Å²) >= 11 is 0. The number of nitrogens with zero attached hydrogens (tertiary/aromatic N) is 1. The SMILES string of the molecule is COC(=O)CCC(=O)N1CCC(NC(=O)C2CCCO2)CC1. The second-order valence-electron chi connectivity index (χ2n) is 5.74. The number of ether oxygens (including phenoxy) is 2. The molecule has 1 atom stereocenters. The maximum atomic E-state index is 12.0. The predicted octanol–water partition coefficient (Wildman–Crippen LogP) is 0.226. The summed E-state index contributed by atoms with van der Waals surface area (Å²) in [6.07, 6.45) is 3.19. The molecular formula is C15H24N2O5. The topological polar surface area (TPSA) is 84.9 Å². The van der Waals surface area contributed by atoms with Gasteiger partial charge in [0.25, 0.3) is 0 Å². The summed E-state index contributed by atoms with van der Waals surface area (Å²) in [7, 11) is 1.31. The Morgan fingerprint density at radius 3 is 2.50 bits per heavy atom. The molecule has 2 rings (SSSR count). The van der Waals surface area contributed by atoms with Gasteiger partial charge in [0.2, 0.25) is 11.8 Å². The molecule has 0 spiro atoms. The first-order chi connectivity index (χ1) is 10.6. The fraction of sp³-hybridized carbons (Fsp3) is 0.800. The van der Waals surface area contributed by atoms with E-state index in [-0.39, 0.29) is 42.8 Å². The zero-order valence-electron chi connectivity index (χ0n) is 13.0. The van der Waals surface area contributed by atoms with Gasteiger partial charge in [0.15, 0.2) is 0 Å². The molecule has 0 aromatic heterocycles. The molecule has 1 unspecified atom stereocenters. The van der Waals surface area contributed by atoms with Crippen molar-refractivity contribution in [3.05, 3.63) is 0 Å². The van der Waals surface area contributed by atoms with Crippen molar-refractivity contribution in [3.8, 4) is 0 Å². The second-order valence-corrected chi connectivity index (χ2v) is 5.74. The molecule has 2 aliphatic heterocycles. The smallest absolute Gasteiger partial charge is 0.306 e. The average Bonchev–Trinajstić information content (AvgIpc) is 3.07. The summed E-state index contributed by atoms with van der Waals surface area (Å²) < 4.78 is 9.89. The molecule has 2 heterocycles. The van der Waals surface area contributed by atoms with E-state index in [0.29, 0.717) is 19.7 Å². The van der Waals surface area contributed by atoms with Gasteiger partial charge in [-0.15, -0.1) is 0 Å². The van der Waals surface area contributed by atoms with Crippen LogP contribution in [-0.2, 0) is 23.9 Å². The van der Waals surface area contributed by atoms with Gasteiger partial charge in [0.1, 0.15) is 6.10 Å². The third kappa shape index (κ3) is 4.69. The molecule has 0 bridgehead atoms. The van der Waals surface area contributed by atoms with Crippen LogP contribution in [-0.4, -0.2) is 61.6 Å². The molecule has 7 heteroatoms. The Morgan fingerprint density at radius 2 is 1.91 bits per heavy atom. The lowest BCUT2D eigenvalue weighted by molar-refractivity contribution is -0.144. The van der Waals surface area contributed by atoms with Crippen molar-refractivity contribution in [3.63, 3.8) is 0 Å². The zero-order chi connectivity index (χ0) is 15.9. The lowest BCUT2D eigenvalue weighted by Gasteiger charge is -2.32. The molecule has 2 saturated heterocycles. The molecule has 22 heavy (non-hydrogen) atoms. The predicted molar refractivity (Wildman–Crippen MR) is 78.0 cm³/mol. The largest absolute Gasteiger partial charge is 0.469 e. The van der Waals surface area contributed by atoms with Crippen molar-refractivity contribution in [2.24, 2.45) is 0 Å². The van der Waals surface area contributed by atoms with Crippen LogP contribution in [0.15, 0.2) is 0 Å². The van der Waals surface area contributed by atoms with E-state index < -0.39 is 0 Å². The van der Waals surface area contributed by atoms with Crippen LogP contribution >= 0.6 is 0 Å². The highest BCUT2D eigenvalue weighted by atomic mass is 16.5. The van der Waals surface area contributed by atoms with Crippen molar-refractivity contribution < 1.29 is 23.9 Å². The molecule has 2 fully saturated rings. The molecule has 0 radical (unpaired) electrons.